The molecule has 6 radical (unpaired) electrons. The average Bonchev–Trinajstić information content (AvgIpc) is 0.865. The molecule has 0 fully saturated rings. The van der Waals surface area contributed by atoms with Crippen molar-refractivity contribution in [2.24, 2.45) is 0 Å². The van der Waals surface area contributed by atoms with E-state index >= 15 is 0 Å². The highest BCUT2D eigenvalue weighted by molar-refractivity contribution is 9.09. The first-order valence-corrected chi connectivity index (χ1v) is 39.9. The number of aliphatic hydroxyl groups is 2. The Hall–Kier alpha value is -5.01. The van der Waals surface area contributed by atoms with Crippen molar-refractivity contribution in [2.45, 2.75) is 224 Å². The molecule has 3 aromatic rings. The zero-order valence-corrected chi connectivity index (χ0v) is 73.1. The van der Waals surface area contributed by atoms with E-state index in [1.54, 1.807) is 12.1 Å². The van der Waals surface area contributed by atoms with E-state index in [-0.39, 0.29) is 100.0 Å². The van der Waals surface area contributed by atoms with Gasteiger partial charge in [-0.25, -0.2) is 22.8 Å². The van der Waals surface area contributed by atoms with Crippen molar-refractivity contribution < 1.29 is 136 Å². The summed E-state index contributed by atoms with van der Waals surface area (Å²) in [5, 5.41) is 17.2. The molecule has 3 aromatic carbocycles. The third-order valence-corrected chi connectivity index (χ3v) is 12.7. The average molecular weight is 1760 g/mol. The highest BCUT2D eigenvalue weighted by atomic mass is 79.9. The summed E-state index contributed by atoms with van der Waals surface area (Å²) in [5.74, 6) is -1.16. The van der Waals surface area contributed by atoms with Crippen LogP contribution in [0.2, 0.25) is 6.82 Å². The van der Waals surface area contributed by atoms with Gasteiger partial charge in [0.2, 0.25) is 6.29 Å². The zero-order valence-electron chi connectivity index (χ0n) is 71.0. The third-order valence-electron chi connectivity index (χ3n) is 10.8. The molecular weight excluding hydrogens is 1620 g/mol. The largest absolute Gasteiger partial charge is 0.459 e. The number of Topliss-reactive ketones (excluding diaryl/α,β-unsaturated/α-hetero) is 1. The Morgan fingerprint density at radius 3 is 0.974 bits per heavy atom. The minimum atomic E-state index is -4.64. The molecule has 115 heavy (non-hydrogen) atoms. The van der Waals surface area contributed by atoms with Crippen molar-refractivity contribution in [3.63, 3.8) is 0 Å². The molecule has 0 saturated carbocycles. The highest BCUT2D eigenvalue weighted by Crippen LogP contribution is 2.15. The number of alkyl halides is 4. The lowest BCUT2D eigenvalue weighted by Gasteiger charge is -2.19. The molecule has 0 bridgehead atoms. The van der Waals surface area contributed by atoms with E-state index in [0.29, 0.717) is 112 Å². The lowest BCUT2D eigenvalue weighted by molar-refractivity contribution is -0.161. The quantitative estimate of drug-likeness (QED) is 0.00776. The van der Waals surface area contributed by atoms with Crippen LogP contribution < -0.4 is 0 Å². The molecule has 0 spiro atoms. The number of ether oxygens (including phenoxy) is 15. The molecule has 0 heterocycles. The first-order valence-electron chi connectivity index (χ1n) is 37.1. The van der Waals surface area contributed by atoms with Gasteiger partial charge in [0.25, 0.3) is 9.05 Å². The molecule has 3 rings (SSSR count). The number of aldehydes is 1. The fraction of sp³-hybridized carbons (Fsp3) is 0.700. The fourth-order valence-corrected chi connectivity index (χ4v) is 7.60. The summed E-state index contributed by atoms with van der Waals surface area (Å²) in [7, 11) is 12.8. The number of rotatable bonds is 45. The van der Waals surface area contributed by atoms with E-state index in [1.165, 1.54) is 31.4 Å². The number of carbonyl (C=O) groups excluding carboxylic acids is 6. The van der Waals surface area contributed by atoms with E-state index < -0.39 is 38.3 Å². The van der Waals surface area contributed by atoms with Gasteiger partial charge in [-0.15, -0.1) is 0 Å². The standard InChI is InChI=1S/C18H28O5.C12H24O4.C12H18O3.C11H22O5.C9H18O3.C7H7ClO2S.C6H11BrO2.C2HF3O.CH3B.2CH4.BF.BH/c1-18(2,3)23-17(19)15-21-11-7-10-20-12-13-22-14-16-8-5-4-6-9-16;1-5-7-14-8-6-9-15-10-11(13)16-12(2,3)4;13-7-4-8-14-9-10-15-11-12-5-2-1-3-6-12;1-11(2,3)16-10(13)9-15-7-4-6-14-8-5-12;1-3-5-11-6-4-7-12-8-9(2)10;1-6-2-4-7(5-3-6)11(8,9)10;1-6(2,3)9-5(8)4-7;3-2(4,5)1-6;1-2;;;1-2;/h4-6,8-9H,7,10-15H2,1-3H3;5-10H2,1-4H3;1-3,5-6,13H,4,7-11H2;12H,4-9H2,1-3H3;3-8H2,1-2H3;2-5H,1H3;4H2,1-3H3;1H;1H3;2*1H4;;1H/i;;;;;;;;;;;;1D. The Morgan fingerprint density at radius 2 is 0.722 bits per heavy atom. The van der Waals surface area contributed by atoms with Gasteiger partial charge >= 0.3 is 38.2 Å². The summed E-state index contributed by atoms with van der Waals surface area (Å²) in [6.45, 7) is 42.1. The number of carbonyl (C=O) groups is 6. The van der Waals surface area contributed by atoms with E-state index in [2.05, 4.69) is 54.1 Å². The smallest absolute Gasteiger partial charge is 0.446 e. The van der Waals surface area contributed by atoms with Crippen LogP contribution in [-0.2, 0) is 122 Å². The van der Waals surface area contributed by atoms with E-state index in [0.717, 1.165) is 63.1 Å². The molecular formula is C80H141B3BrClF4O25S. The molecule has 0 atom stereocenters. The highest BCUT2D eigenvalue weighted by Gasteiger charge is 2.25. The van der Waals surface area contributed by atoms with Crippen LogP contribution in [0.1, 0.15) is 180 Å². The second-order valence-corrected chi connectivity index (χ2v) is 29.8. The van der Waals surface area contributed by atoms with Gasteiger partial charge in [-0.1, -0.05) is 130 Å². The lowest BCUT2D eigenvalue weighted by atomic mass is 10.2. The molecule has 35 heteroatoms. The van der Waals surface area contributed by atoms with Crippen LogP contribution in [0.25, 0.3) is 0 Å². The van der Waals surface area contributed by atoms with Gasteiger partial charge in [0.05, 0.1) is 65.6 Å². The Morgan fingerprint density at radius 1 is 0.452 bits per heavy atom. The van der Waals surface area contributed by atoms with Crippen LogP contribution in [0.15, 0.2) is 89.8 Å². The molecule has 0 aromatic heterocycles. The van der Waals surface area contributed by atoms with Gasteiger partial charge in [0.1, 0.15) is 54.2 Å². The molecule has 0 aliphatic heterocycles. The van der Waals surface area contributed by atoms with Crippen molar-refractivity contribution in [1.29, 1.82) is 1.34 Å². The van der Waals surface area contributed by atoms with Gasteiger partial charge in [0, 0.05) is 98.3 Å². The summed E-state index contributed by atoms with van der Waals surface area (Å²) >= 11 is 2.99. The van der Waals surface area contributed by atoms with Crippen LogP contribution in [0.4, 0.5) is 17.5 Å². The molecule has 0 amide bonds. The number of aliphatic hydroxyl groups excluding tert-OH is 2. The minimum absolute atomic E-state index is 0. The number of ketones is 1. The Bertz CT molecular complexity index is 2710. The molecule has 0 unspecified atom stereocenters. The van der Waals surface area contributed by atoms with Crippen molar-refractivity contribution in [3.8, 4) is 0 Å². The lowest BCUT2D eigenvalue weighted by Crippen LogP contribution is -2.26. The third kappa shape index (κ3) is 122. The van der Waals surface area contributed by atoms with Gasteiger partial charge in [-0.05, 0) is 166 Å². The van der Waals surface area contributed by atoms with E-state index in [9.17, 15) is 45.6 Å². The van der Waals surface area contributed by atoms with Gasteiger partial charge in [-0.2, -0.15) is 13.2 Å². The normalized spacial score (nSPS) is 10.6. The summed E-state index contributed by atoms with van der Waals surface area (Å²) in [4.78, 5) is 63.6. The Kier molecular flexibility index (Phi) is 98.4. The number of benzene rings is 3. The fourth-order valence-electron chi connectivity index (χ4n) is 6.71. The number of esters is 4. The maximum atomic E-state index is 11.4. The van der Waals surface area contributed by atoms with E-state index in [1.807, 2.05) is 151 Å². The van der Waals surface area contributed by atoms with Crippen molar-refractivity contribution in [1.82, 2.24) is 0 Å². The Labute approximate surface area is 705 Å². The molecule has 2 N–H and O–H groups in total. The zero-order chi connectivity index (χ0) is 89.0. The molecule has 0 aliphatic rings. The van der Waals surface area contributed by atoms with E-state index in [4.69, 9.17) is 102 Å². The molecule has 668 valence electrons. The predicted molar refractivity (Wildman–Crippen MR) is 451 cm³/mol. The van der Waals surface area contributed by atoms with Crippen molar-refractivity contribution in [2.75, 3.05) is 151 Å². The predicted octanol–water partition coefficient (Wildman–Crippen LogP) is 14.1. The molecule has 25 nitrogen and oxygen atoms in total. The number of hydrogen-bond donors (Lipinski definition) is 2. The summed E-state index contributed by atoms with van der Waals surface area (Å²) in [6, 6.07) is 26.5. The van der Waals surface area contributed by atoms with Crippen LogP contribution in [0.3, 0.4) is 0 Å². The number of hydrogen-bond acceptors (Lipinski definition) is 25. The summed E-state index contributed by atoms with van der Waals surface area (Å²) in [6.07, 6.45) is 0.180. The maximum absolute atomic E-state index is 11.4. The summed E-state index contributed by atoms with van der Waals surface area (Å²) in [5.41, 5.74) is 1.61. The second kappa shape index (κ2) is 88.3. The molecule has 0 saturated heterocycles. The number of halogens is 6. The first-order chi connectivity index (χ1) is 53.6. The van der Waals surface area contributed by atoms with Crippen LogP contribution in [-0.4, -0.2) is 260 Å². The van der Waals surface area contributed by atoms with Crippen LogP contribution in [0, 0.1) is 6.92 Å². The first kappa shape index (κ1) is 128. The minimum Gasteiger partial charge on any atom is -0.459 e. The van der Waals surface area contributed by atoms with Gasteiger partial charge in [-0.3, -0.25) is 14.4 Å². The topological polar surface area (TPSA) is 315 Å². The van der Waals surface area contributed by atoms with Crippen molar-refractivity contribution in [3.05, 3.63) is 102 Å². The van der Waals surface area contributed by atoms with Crippen LogP contribution in [0.5, 0.6) is 0 Å². The monoisotopic (exact) mass is 1760 g/mol. The van der Waals surface area contributed by atoms with Crippen LogP contribution >= 0.6 is 26.6 Å². The van der Waals surface area contributed by atoms with Crippen molar-refractivity contribution >= 4 is 96.0 Å². The van der Waals surface area contributed by atoms with Gasteiger partial charge in [0.15, 0.2) is 5.78 Å². The SMILES string of the molecule is C.C.CC(C)(C)OC(=O)CBr.CC(C)(C)OC(=O)COCCCOCCO.CC(C)(C)OC(=O)COCCCOCCOCc1ccccc1.CCCOCCCOCC(=O)OC(C)(C)C.CCCOCCCOCC(C)=O.Cc1ccc(S(=O)(=O)Cl)cc1.O=CC(F)(F)F.OCCCOCCOCc1ccccc1.[2H][B].[B]C.[B]F. The summed E-state index contributed by atoms with van der Waals surface area (Å²) < 4.78 is 145. The molecule has 0 aliphatic carbocycles. The van der Waals surface area contributed by atoms with Gasteiger partial charge < -0.3 is 85.6 Å². The Balaban J connectivity index is -0.000000140. The maximum Gasteiger partial charge on any atom is 0.446 e. The second-order valence-electron chi connectivity index (χ2n) is 26.7. The number of aryl methyl sites for hydroxylation is 1.